The Kier molecular flexibility index (Phi) is 2.81. The van der Waals surface area contributed by atoms with E-state index in [2.05, 4.69) is 4.98 Å². The van der Waals surface area contributed by atoms with Crippen LogP contribution in [0.1, 0.15) is 29.0 Å². The van der Waals surface area contributed by atoms with Gasteiger partial charge in [-0.05, 0) is 24.6 Å². The molecule has 16 heavy (non-hydrogen) atoms. The molecule has 0 bridgehead atoms. The first-order chi connectivity index (χ1) is 7.72. The fraction of sp³-hybridized carbons (Fsp3) is 0.167. The number of carbonyl (C=O) groups excluding carboxylic acids is 1. The number of carbonyl (C=O) groups is 1. The molecular formula is C12H11FN2O. The van der Waals surface area contributed by atoms with Crippen molar-refractivity contribution in [3.8, 4) is 0 Å². The molecule has 1 aromatic carbocycles. The molecule has 4 heteroatoms. The van der Waals surface area contributed by atoms with Crippen LogP contribution in [0.5, 0.6) is 0 Å². The number of imidazole rings is 1. The van der Waals surface area contributed by atoms with E-state index in [1.165, 1.54) is 18.3 Å². The summed E-state index contributed by atoms with van der Waals surface area (Å²) in [5.74, 6) is -0.266. The summed E-state index contributed by atoms with van der Waals surface area (Å²) in [4.78, 5) is 14.7. The van der Waals surface area contributed by atoms with Gasteiger partial charge in [-0.3, -0.25) is 4.79 Å². The van der Waals surface area contributed by atoms with Gasteiger partial charge in [0.05, 0.1) is 18.6 Å². The van der Waals surface area contributed by atoms with Crippen molar-refractivity contribution in [3.05, 3.63) is 53.9 Å². The third-order valence-electron chi connectivity index (χ3n) is 2.59. The van der Waals surface area contributed by atoms with Crippen molar-refractivity contribution in [3.63, 3.8) is 0 Å². The zero-order valence-corrected chi connectivity index (χ0v) is 8.80. The molecular weight excluding hydrogens is 207 g/mol. The Balaban J connectivity index is 2.35. The predicted molar refractivity (Wildman–Crippen MR) is 57.8 cm³/mol. The van der Waals surface area contributed by atoms with Crippen LogP contribution >= 0.6 is 0 Å². The predicted octanol–water partition coefficient (Wildman–Crippen LogP) is 2.44. The van der Waals surface area contributed by atoms with E-state index in [1.54, 1.807) is 23.0 Å². The van der Waals surface area contributed by atoms with E-state index in [1.807, 2.05) is 6.92 Å². The van der Waals surface area contributed by atoms with Gasteiger partial charge < -0.3 is 4.57 Å². The van der Waals surface area contributed by atoms with E-state index in [0.29, 0.717) is 5.69 Å². The summed E-state index contributed by atoms with van der Waals surface area (Å²) in [6, 6.07) is 6.18. The number of benzene rings is 1. The van der Waals surface area contributed by atoms with E-state index >= 15 is 0 Å². The molecule has 0 aliphatic rings. The summed E-state index contributed by atoms with van der Waals surface area (Å²) in [6.45, 7) is 1.93. The van der Waals surface area contributed by atoms with Crippen molar-refractivity contribution in [2.75, 3.05) is 0 Å². The van der Waals surface area contributed by atoms with Gasteiger partial charge in [-0.15, -0.1) is 0 Å². The Morgan fingerprint density at radius 3 is 2.69 bits per heavy atom. The molecule has 2 aromatic rings. The van der Waals surface area contributed by atoms with Gasteiger partial charge in [0, 0.05) is 0 Å². The molecule has 0 radical (unpaired) electrons. The third-order valence-corrected chi connectivity index (χ3v) is 2.59. The lowest BCUT2D eigenvalue weighted by molar-refractivity contribution is 0.111. The van der Waals surface area contributed by atoms with Gasteiger partial charge in [0.15, 0.2) is 6.29 Å². The SMILES string of the molecule is C[C@H](c1ccc(F)cc1)n1cncc1C=O. The van der Waals surface area contributed by atoms with E-state index in [4.69, 9.17) is 0 Å². The van der Waals surface area contributed by atoms with Gasteiger partial charge in [-0.2, -0.15) is 0 Å². The van der Waals surface area contributed by atoms with E-state index in [0.717, 1.165) is 11.8 Å². The highest BCUT2D eigenvalue weighted by atomic mass is 19.1. The normalized spacial score (nSPS) is 12.4. The molecule has 0 saturated carbocycles. The molecule has 0 fully saturated rings. The molecule has 0 aliphatic heterocycles. The van der Waals surface area contributed by atoms with Crippen LogP contribution in [0, 0.1) is 5.82 Å². The quantitative estimate of drug-likeness (QED) is 0.741. The molecule has 3 nitrogen and oxygen atoms in total. The zero-order valence-electron chi connectivity index (χ0n) is 8.80. The maximum Gasteiger partial charge on any atom is 0.168 e. The van der Waals surface area contributed by atoms with Crippen LogP contribution in [0.2, 0.25) is 0 Å². The third kappa shape index (κ3) is 1.86. The number of hydrogen-bond donors (Lipinski definition) is 0. The van der Waals surface area contributed by atoms with Crippen molar-refractivity contribution >= 4 is 6.29 Å². The highest BCUT2D eigenvalue weighted by Crippen LogP contribution is 2.19. The Bertz CT molecular complexity index is 490. The van der Waals surface area contributed by atoms with Gasteiger partial charge in [0.1, 0.15) is 11.5 Å². The second-order valence-corrected chi connectivity index (χ2v) is 3.57. The summed E-state index contributed by atoms with van der Waals surface area (Å²) in [6.07, 6.45) is 3.86. The van der Waals surface area contributed by atoms with Crippen molar-refractivity contribution in [2.45, 2.75) is 13.0 Å². The van der Waals surface area contributed by atoms with Crippen molar-refractivity contribution in [2.24, 2.45) is 0 Å². The topological polar surface area (TPSA) is 34.9 Å². The molecule has 1 heterocycles. The molecule has 1 atom stereocenters. The fourth-order valence-corrected chi connectivity index (χ4v) is 1.63. The minimum absolute atomic E-state index is 0.0386. The van der Waals surface area contributed by atoms with E-state index in [-0.39, 0.29) is 11.9 Å². The lowest BCUT2D eigenvalue weighted by Crippen LogP contribution is -2.08. The molecule has 82 valence electrons. The monoisotopic (exact) mass is 218 g/mol. The van der Waals surface area contributed by atoms with Gasteiger partial charge in [-0.1, -0.05) is 12.1 Å². The minimum Gasteiger partial charge on any atom is -0.321 e. The van der Waals surface area contributed by atoms with Crippen LogP contribution in [0.3, 0.4) is 0 Å². The summed E-state index contributed by atoms with van der Waals surface area (Å²) in [5, 5.41) is 0. The molecule has 0 N–H and O–H groups in total. The number of aldehydes is 1. The van der Waals surface area contributed by atoms with E-state index < -0.39 is 0 Å². The second kappa shape index (κ2) is 4.26. The van der Waals surface area contributed by atoms with Crippen LogP contribution < -0.4 is 0 Å². The number of halogens is 1. The van der Waals surface area contributed by atoms with Crippen LogP contribution in [-0.4, -0.2) is 15.8 Å². The maximum absolute atomic E-state index is 12.8. The Hall–Kier alpha value is -1.97. The number of aromatic nitrogens is 2. The molecule has 0 aliphatic carbocycles. The standard InChI is InChI=1S/C12H11FN2O/c1-9(10-2-4-11(13)5-3-10)15-8-14-6-12(15)7-16/h2-9H,1H3/t9-/m1/s1. The summed E-state index contributed by atoms with van der Waals surface area (Å²) in [7, 11) is 0. The Morgan fingerprint density at radius 2 is 2.06 bits per heavy atom. The van der Waals surface area contributed by atoms with Crippen molar-refractivity contribution < 1.29 is 9.18 Å². The largest absolute Gasteiger partial charge is 0.321 e. The maximum atomic E-state index is 12.8. The average molecular weight is 218 g/mol. The van der Waals surface area contributed by atoms with Crippen LogP contribution in [0.25, 0.3) is 0 Å². The Morgan fingerprint density at radius 1 is 1.38 bits per heavy atom. The van der Waals surface area contributed by atoms with E-state index in [9.17, 15) is 9.18 Å². The fourth-order valence-electron chi connectivity index (χ4n) is 1.63. The zero-order chi connectivity index (χ0) is 11.5. The molecule has 0 spiro atoms. The molecule has 0 unspecified atom stereocenters. The summed E-state index contributed by atoms with van der Waals surface area (Å²) in [5.41, 5.74) is 1.44. The number of nitrogens with zero attached hydrogens (tertiary/aromatic N) is 2. The highest BCUT2D eigenvalue weighted by Gasteiger charge is 2.10. The number of rotatable bonds is 3. The van der Waals surface area contributed by atoms with Gasteiger partial charge in [0.2, 0.25) is 0 Å². The lowest BCUT2D eigenvalue weighted by atomic mass is 10.1. The van der Waals surface area contributed by atoms with Crippen LogP contribution in [0.4, 0.5) is 4.39 Å². The first-order valence-corrected chi connectivity index (χ1v) is 4.95. The lowest BCUT2D eigenvalue weighted by Gasteiger charge is -2.14. The van der Waals surface area contributed by atoms with Crippen LogP contribution in [-0.2, 0) is 0 Å². The molecule has 1 aromatic heterocycles. The molecule has 0 saturated heterocycles. The van der Waals surface area contributed by atoms with Crippen molar-refractivity contribution in [1.29, 1.82) is 0 Å². The van der Waals surface area contributed by atoms with Gasteiger partial charge in [-0.25, -0.2) is 9.37 Å². The summed E-state index contributed by atoms with van der Waals surface area (Å²) < 4.78 is 14.5. The number of hydrogen-bond acceptors (Lipinski definition) is 2. The van der Waals surface area contributed by atoms with Gasteiger partial charge >= 0.3 is 0 Å². The smallest absolute Gasteiger partial charge is 0.168 e. The van der Waals surface area contributed by atoms with Crippen LogP contribution in [0.15, 0.2) is 36.8 Å². The first kappa shape index (κ1) is 10.5. The van der Waals surface area contributed by atoms with Crippen molar-refractivity contribution in [1.82, 2.24) is 9.55 Å². The summed E-state index contributed by atoms with van der Waals surface area (Å²) >= 11 is 0. The van der Waals surface area contributed by atoms with Gasteiger partial charge in [0.25, 0.3) is 0 Å². The molecule has 2 rings (SSSR count). The second-order valence-electron chi connectivity index (χ2n) is 3.57. The Labute approximate surface area is 92.5 Å². The highest BCUT2D eigenvalue weighted by molar-refractivity contribution is 5.71. The average Bonchev–Trinajstić information content (AvgIpc) is 2.77. The first-order valence-electron chi connectivity index (χ1n) is 4.95. The minimum atomic E-state index is -0.266. The molecule has 0 amide bonds.